The largest absolute Gasteiger partial charge is 0.321 e. The van der Waals surface area contributed by atoms with Gasteiger partial charge < -0.3 is 5.32 Å². The van der Waals surface area contributed by atoms with Crippen LogP contribution in [0.3, 0.4) is 0 Å². The molecule has 4 rings (SSSR count). The average Bonchev–Trinajstić information content (AvgIpc) is 3.00. The number of rotatable bonds is 4. The number of halogens is 1. The van der Waals surface area contributed by atoms with Crippen molar-refractivity contribution in [3.63, 3.8) is 0 Å². The van der Waals surface area contributed by atoms with Gasteiger partial charge >= 0.3 is 0 Å². The minimum atomic E-state index is -0.176. The lowest BCUT2D eigenvalue weighted by Crippen LogP contribution is -2.15. The molecular formula is C22H19BrN4O. The number of aryl methyl sites for hydroxylation is 2. The third-order valence-electron chi connectivity index (χ3n) is 4.63. The molecule has 3 heterocycles. The van der Waals surface area contributed by atoms with Gasteiger partial charge in [0.2, 0.25) is 0 Å². The van der Waals surface area contributed by atoms with Gasteiger partial charge in [0.15, 0.2) is 0 Å². The molecule has 0 aliphatic rings. The van der Waals surface area contributed by atoms with Crippen molar-refractivity contribution in [2.45, 2.75) is 20.3 Å². The molecule has 0 aliphatic carbocycles. The first-order chi connectivity index (χ1) is 13.5. The normalized spacial score (nSPS) is 11.0. The third-order valence-corrected chi connectivity index (χ3v) is 5.06. The number of pyridine rings is 2. The summed E-state index contributed by atoms with van der Waals surface area (Å²) in [4.78, 5) is 21.5. The van der Waals surface area contributed by atoms with Crippen LogP contribution >= 0.6 is 15.9 Å². The summed E-state index contributed by atoms with van der Waals surface area (Å²) < 4.78 is 2.74. The average molecular weight is 435 g/mol. The summed E-state index contributed by atoms with van der Waals surface area (Å²) in [7, 11) is 0. The number of carbonyl (C=O) groups is 1. The first kappa shape index (κ1) is 18.4. The Morgan fingerprint density at radius 1 is 1.07 bits per heavy atom. The summed E-state index contributed by atoms with van der Waals surface area (Å²) in [6.45, 7) is 3.84. The fourth-order valence-electron chi connectivity index (χ4n) is 3.29. The van der Waals surface area contributed by atoms with Crippen LogP contribution in [0.5, 0.6) is 0 Å². The van der Waals surface area contributed by atoms with Crippen molar-refractivity contribution in [2.24, 2.45) is 0 Å². The second kappa shape index (κ2) is 7.56. The third kappa shape index (κ3) is 3.68. The van der Waals surface area contributed by atoms with E-state index in [4.69, 9.17) is 0 Å². The molecule has 1 aromatic carbocycles. The monoisotopic (exact) mass is 434 g/mol. The van der Waals surface area contributed by atoms with E-state index < -0.39 is 0 Å². The summed E-state index contributed by atoms with van der Waals surface area (Å²) in [6, 6.07) is 13.9. The van der Waals surface area contributed by atoms with Crippen LogP contribution in [0, 0.1) is 13.8 Å². The van der Waals surface area contributed by atoms with Gasteiger partial charge in [-0.1, -0.05) is 12.1 Å². The van der Waals surface area contributed by atoms with Crippen LogP contribution in [0.15, 0.2) is 65.5 Å². The molecule has 0 spiro atoms. The Morgan fingerprint density at radius 2 is 1.75 bits per heavy atom. The van der Waals surface area contributed by atoms with E-state index in [0.29, 0.717) is 11.4 Å². The van der Waals surface area contributed by atoms with Crippen molar-refractivity contribution in [1.29, 1.82) is 0 Å². The lowest BCUT2D eigenvalue weighted by molar-refractivity contribution is 0.102. The van der Waals surface area contributed by atoms with Crippen LogP contribution in [0.2, 0.25) is 0 Å². The standard InChI is InChI=1S/C22H19BrN4O/c1-14-11-18(23)13-27-20(15(2)25-21(14)27)22(28)26-19-5-3-16(4-6-19)12-17-7-9-24-10-8-17/h3-11,13H,12H2,1-2H3,(H,26,28). The Balaban J connectivity index is 1.56. The number of nitrogens with zero attached hydrogens (tertiary/aromatic N) is 3. The molecule has 28 heavy (non-hydrogen) atoms. The van der Waals surface area contributed by atoms with E-state index in [1.165, 1.54) is 11.1 Å². The Labute approximate surface area is 171 Å². The van der Waals surface area contributed by atoms with Crippen molar-refractivity contribution in [2.75, 3.05) is 5.32 Å². The molecule has 0 bridgehead atoms. The maximum Gasteiger partial charge on any atom is 0.274 e. The van der Waals surface area contributed by atoms with E-state index >= 15 is 0 Å². The van der Waals surface area contributed by atoms with Crippen LogP contribution in [-0.2, 0) is 6.42 Å². The number of aromatic nitrogens is 3. The second-order valence-corrected chi connectivity index (χ2v) is 7.68. The zero-order chi connectivity index (χ0) is 19.7. The lowest BCUT2D eigenvalue weighted by Gasteiger charge is -2.08. The van der Waals surface area contributed by atoms with Crippen LogP contribution in [0.4, 0.5) is 5.69 Å². The number of hydrogen-bond donors (Lipinski definition) is 1. The number of anilines is 1. The van der Waals surface area contributed by atoms with E-state index in [1.54, 1.807) is 12.4 Å². The van der Waals surface area contributed by atoms with Gasteiger partial charge in [0.25, 0.3) is 5.91 Å². The number of fused-ring (bicyclic) bond motifs is 1. The van der Waals surface area contributed by atoms with Crippen molar-refractivity contribution >= 4 is 33.2 Å². The summed E-state index contributed by atoms with van der Waals surface area (Å²) in [5.74, 6) is -0.176. The van der Waals surface area contributed by atoms with Crippen LogP contribution < -0.4 is 5.32 Å². The molecule has 1 N–H and O–H groups in total. The lowest BCUT2D eigenvalue weighted by atomic mass is 10.1. The predicted molar refractivity (Wildman–Crippen MR) is 114 cm³/mol. The number of hydrogen-bond acceptors (Lipinski definition) is 3. The molecule has 0 aliphatic heterocycles. The van der Waals surface area contributed by atoms with Crippen molar-refractivity contribution < 1.29 is 4.79 Å². The fourth-order valence-corrected chi connectivity index (χ4v) is 3.84. The van der Waals surface area contributed by atoms with E-state index in [1.807, 2.05) is 66.9 Å². The number of imidazole rings is 1. The Hall–Kier alpha value is -2.99. The van der Waals surface area contributed by atoms with E-state index in [2.05, 4.69) is 31.2 Å². The number of amides is 1. The molecule has 0 unspecified atom stereocenters. The van der Waals surface area contributed by atoms with Crippen LogP contribution in [-0.4, -0.2) is 20.3 Å². The first-order valence-electron chi connectivity index (χ1n) is 8.95. The molecule has 6 heteroatoms. The smallest absolute Gasteiger partial charge is 0.274 e. The predicted octanol–water partition coefficient (Wildman–Crippen LogP) is 4.95. The van der Waals surface area contributed by atoms with Gasteiger partial charge in [0, 0.05) is 28.8 Å². The van der Waals surface area contributed by atoms with Crippen molar-refractivity contribution in [1.82, 2.24) is 14.4 Å². The number of nitrogens with one attached hydrogen (secondary N) is 1. The highest BCUT2D eigenvalue weighted by molar-refractivity contribution is 9.10. The van der Waals surface area contributed by atoms with Crippen LogP contribution in [0.1, 0.15) is 32.9 Å². The van der Waals surface area contributed by atoms with Gasteiger partial charge in [0.1, 0.15) is 11.3 Å². The van der Waals surface area contributed by atoms with E-state index in [0.717, 1.165) is 27.8 Å². The molecule has 4 aromatic rings. The topological polar surface area (TPSA) is 59.3 Å². The second-order valence-electron chi connectivity index (χ2n) is 6.76. The highest BCUT2D eigenvalue weighted by atomic mass is 79.9. The summed E-state index contributed by atoms with van der Waals surface area (Å²) in [6.07, 6.45) is 6.29. The first-order valence-corrected chi connectivity index (χ1v) is 9.74. The van der Waals surface area contributed by atoms with Gasteiger partial charge in [-0.05, 0) is 83.2 Å². The summed E-state index contributed by atoms with van der Waals surface area (Å²) >= 11 is 3.49. The van der Waals surface area contributed by atoms with Gasteiger partial charge in [0.05, 0.1) is 5.69 Å². The number of carbonyl (C=O) groups excluding carboxylic acids is 1. The molecular weight excluding hydrogens is 416 g/mol. The van der Waals surface area contributed by atoms with Gasteiger partial charge in [-0.3, -0.25) is 14.2 Å². The quantitative estimate of drug-likeness (QED) is 0.494. The zero-order valence-electron chi connectivity index (χ0n) is 15.6. The maximum atomic E-state index is 12.9. The minimum Gasteiger partial charge on any atom is -0.321 e. The zero-order valence-corrected chi connectivity index (χ0v) is 17.2. The van der Waals surface area contributed by atoms with Crippen molar-refractivity contribution in [3.05, 3.63) is 93.6 Å². The Bertz CT molecular complexity index is 1150. The molecule has 0 saturated carbocycles. The van der Waals surface area contributed by atoms with E-state index in [-0.39, 0.29) is 5.91 Å². The summed E-state index contributed by atoms with van der Waals surface area (Å²) in [5.41, 5.74) is 6.18. The maximum absolute atomic E-state index is 12.9. The summed E-state index contributed by atoms with van der Waals surface area (Å²) in [5, 5.41) is 2.98. The Kier molecular flexibility index (Phi) is 4.96. The molecule has 0 fully saturated rings. The van der Waals surface area contributed by atoms with Gasteiger partial charge in [-0.2, -0.15) is 0 Å². The molecule has 0 saturated heterocycles. The Morgan fingerprint density at radius 3 is 2.46 bits per heavy atom. The van der Waals surface area contributed by atoms with E-state index in [9.17, 15) is 4.79 Å². The fraction of sp³-hybridized carbons (Fsp3) is 0.136. The van der Waals surface area contributed by atoms with Gasteiger partial charge in [-0.15, -0.1) is 0 Å². The molecule has 140 valence electrons. The molecule has 5 nitrogen and oxygen atoms in total. The highest BCUT2D eigenvalue weighted by Gasteiger charge is 2.18. The van der Waals surface area contributed by atoms with Crippen LogP contribution in [0.25, 0.3) is 5.65 Å². The molecule has 1 amide bonds. The molecule has 3 aromatic heterocycles. The molecule has 0 radical (unpaired) electrons. The SMILES string of the molecule is Cc1nc2c(C)cc(Br)cn2c1C(=O)Nc1ccc(Cc2ccncc2)cc1. The highest BCUT2D eigenvalue weighted by Crippen LogP contribution is 2.22. The van der Waals surface area contributed by atoms with Gasteiger partial charge in [-0.25, -0.2) is 4.98 Å². The molecule has 0 atom stereocenters. The number of benzene rings is 1. The minimum absolute atomic E-state index is 0.176. The van der Waals surface area contributed by atoms with Crippen molar-refractivity contribution in [3.8, 4) is 0 Å².